The van der Waals surface area contributed by atoms with Gasteiger partial charge < -0.3 is 9.67 Å². The number of nitrogens with zero attached hydrogens (tertiary/aromatic N) is 3. The van der Waals surface area contributed by atoms with Crippen molar-refractivity contribution in [2.75, 3.05) is 0 Å². The highest BCUT2D eigenvalue weighted by atomic mass is 19.1. The largest absolute Gasteiger partial charge is 0.379 e. The van der Waals surface area contributed by atoms with E-state index in [2.05, 4.69) is 9.97 Å². The lowest BCUT2D eigenvalue weighted by Crippen LogP contribution is -2.24. The van der Waals surface area contributed by atoms with Crippen LogP contribution >= 0.6 is 0 Å². The quantitative estimate of drug-likeness (QED) is 0.586. The van der Waals surface area contributed by atoms with Crippen LogP contribution in [0.4, 0.5) is 4.39 Å². The molecule has 2 aromatic carbocycles. The minimum absolute atomic E-state index is 0.256. The molecule has 0 spiro atoms. The predicted molar refractivity (Wildman–Crippen MR) is 101 cm³/mol. The Hall–Kier alpha value is -3.05. The summed E-state index contributed by atoms with van der Waals surface area (Å²) in [6, 6.07) is 12.7. The van der Waals surface area contributed by atoms with Crippen molar-refractivity contribution in [3.8, 4) is 0 Å². The second-order valence-electron chi connectivity index (χ2n) is 7.23. The second-order valence-corrected chi connectivity index (χ2v) is 7.23. The molecule has 5 heteroatoms. The van der Waals surface area contributed by atoms with Gasteiger partial charge in [0.2, 0.25) is 0 Å². The number of aromatic nitrogens is 3. The maximum absolute atomic E-state index is 14.6. The van der Waals surface area contributed by atoms with Crippen LogP contribution < -0.4 is 0 Å². The van der Waals surface area contributed by atoms with Gasteiger partial charge in [-0.3, -0.25) is 4.98 Å². The lowest BCUT2D eigenvalue weighted by atomic mass is 9.85. The van der Waals surface area contributed by atoms with E-state index < -0.39 is 5.60 Å². The topological polar surface area (TPSA) is 50.9 Å². The highest BCUT2D eigenvalue weighted by Crippen LogP contribution is 2.47. The molecule has 2 aromatic heterocycles. The maximum atomic E-state index is 14.6. The number of imidazole rings is 1. The Morgan fingerprint density at radius 2 is 1.96 bits per heavy atom. The van der Waals surface area contributed by atoms with Crippen LogP contribution in [0.3, 0.4) is 0 Å². The van der Waals surface area contributed by atoms with Gasteiger partial charge >= 0.3 is 0 Å². The van der Waals surface area contributed by atoms with Gasteiger partial charge in [-0.1, -0.05) is 24.3 Å². The van der Waals surface area contributed by atoms with Crippen LogP contribution in [0.25, 0.3) is 10.8 Å². The summed E-state index contributed by atoms with van der Waals surface area (Å²) in [6.07, 6.45) is 7.23. The molecule has 0 amide bonds. The number of halogens is 1. The van der Waals surface area contributed by atoms with Crippen molar-refractivity contribution in [3.63, 3.8) is 0 Å². The SMILES string of the molecule is Cc1ccc([C@H]2CC(O)(c3ccc4cnccc4c3)c3cncn32)c(F)c1. The normalized spacial score (nSPS) is 21.5. The molecule has 3 heterocycles. The third-order valence-corrected chi connectivity index (χ3v) is 5.55. The van der Waals surface area contributed by atoms with E-state index in [0.717, 1.165) is 21.9 Å². The zero-order valence-corrected chi connectivity index (χ0v) is 14.8. The van der Waals surface area contributed by atoms with Crippen LogP contribution in [0.2, 0.25) is 0 Å². The molecular formula is C22H18FN3O. The first kappa shape index (κ1) is 16.1. The van der Waals surface area contributed by atoms with Crippen molar-refractivity contribution in [2.24, 2.45) is 0 Å². The van der Waals surface area contributed by atoms with Crippen LogP contribution in [0.1, 0.15) is 34.8 Å². The Morgan fingerprint density at radius 1 is 1.07 bits per heavy atom. The van der Waals surface area contributed by atoms with E-state index in [4.69, 9.17) is 0 Å². The molecule has 1 aliphatic rings. The predicted octanol–water partition coefficient (Wildman–Crippen LogP) is 4.11. The Balaban J connectivity index is 1.65. The van der Waals surface area contributed by atoms with Crippen LogP contribution in [0, 0.1) is 12.7 Å². The summed E-state index contributed by atoms with van der Waals surface area (Å²) in [5.74, 6) is -0.256. The van der Waals surface area contributed by atoms with Crippen LogP contribution in [-0.4, -0.2) is 19.6 Å². The highest BCUT2D eigenvalue weighted by Gasteiger charge is 2.45. The first-order chi connectivity index (χ1) is 13.1. The molecule has 0 aliphatic carbocycles. The Labute approximate surface area is 155 Å². The fourth-order valence-electron chi connectivity index (χ4n) is 4.12. The molecule has 134 valence electrons. The van der Waals surface area contributed by atoms with Gasteiger partial charge in [-0.05, 0) is 41.6 Å². The average Bonchev–Trinajstić information content (AvgIpc) is 3.25. The van der Waals surface area contributed by atoms with Crippen molar-refractivity contribution in [2.45, 2.75) is 25.0 Å². The fraction of sp³-hybridized carbons (Fsp3) is 0.182. The molecule has 2 atom stereocenters. The third-order valence-electron chi connectivity index (χ3n) is 5.55. The molecule has 0 fully saturated rings. The zero-order chi connectivity index (χ0) is 18.6. The highest BCUT2D eigenvalue weighted by molar-refractivity contribution is 5.82. The van der Waals surface area contributed by atoms with Gasteiger partial charge in [0.25, 0.3) is 0 Å². The van der Waals surface area contributed by atoms with Crippen molar-refractivity contribution in [1.29, 1.82) is 0 Å². The summed E-state index contributed by atoms with van der Waals surface area (Å²) in [6.45, 7) is 1.87. The Bertz CT molecular complexity index is 1170. The van der Waals surface area contributed by atoms with E-state index in [0.29, 0.717) is 17.7 Å². The first-order valence-corrected chi connectivity index (χ1v) is 8.91. The van der Waals surface area contributed by atoms with Gasteiger partial charge in [-0.2, -0.15) is 0 Å². The molecule has 0 bridgehead atoms. The van der Waals surface area contributed by atoms with Crippen molar-refractivity contribution < 1.29 is 9.50 Å². The Kier molecular flexibility index (Phi) is 3.42. The summed E-state index contributed by atoms with van der Waals surface area (Å²) < 4.78 is 16.5. The number of benzene rings is 2. The molecule has 0 radical (unpaired) electrons. The van der Waals surface area contributed by atoms with Gasteiger partial charge in [0, 0.05) is 29.8 Å². The molecule has 1 N–H and O–H groups in total. The third kappa shape index (κ3) is 2.39. The van der Waals surface area contributed by atoms with Gasteiger partial charge in [-0.25, -0.2) is 9.37 Å². The maximum Gasteiger partial charge on any atom is 0.133 e. The molecule has 4 aromatic rings. The molecule has 1 unspecified atom stereocenters. The number of hydrogen-bond acceptors (Lipinski definition) is 3. The molecule has 5 rings (SSSR count). The van der Waals surface area contributed by atoms with Gasteiger partial charge in [0.05, 0.1) is 24.3 Å². The molecule has 0 saturated heterocycles. The van der Waals surface area contributed by atoms with Crippen LogP contribution in [-0.2, 0) is 5.60 Å². The van der Waals surface area contributed by atoms with Crippen LogP contribution in [0.15, 0.2) is 67.4 Å². The lowest BCUT2D eigenvalue weighted by molar-refractivity contribution is 0.0794. The molecule has 27 heavy (non-hydrogen) atoms. The number of pyridine rings is 1. The van der Waals surface area contributed by atoms with Crippen molar-refractivity contribution >= 4 is 10.8 Å². The van der Waals surface area contributed by atoms with E-state index in [1.54, 1.807) is 31.0 Å². The monoisotopic (exact) mass is 359 g/mol. The van der Waals surface area contributed by atoms with Gasteiger partial charge in [-0.15, -0.1) is 0 Å². The second kappa shape index (κ2) is 5.72. The smallest absolute Gasteiger partial charge is 0.133 e. The van der Waals surface area contributed by atoms with E-state index in [1.807, 2.05) is 41.8 Å². The van der Waals surface area contributed by atoms with Gasteiger partial charge in [0.15, 0.2) is 0 Å². The summed E-state index contributed by atoms with van der Waals surface area (Å²) in [5, 5.41) is 13.7. The molecular weight excluding hydrogens is 341 g/mol. The average molecular weight is 359 g/mol. The summed E-state index contributed by atoms with van der Waals surface area (Å²) in [4.78, 5) is 8.36. The molecule has 4 nitrogen and oxygen atoms in total. The van der Waals surface area contributed by atoms with E-state index in [1.165, 1.54) is 6.07 Å². The van der Waals surface area contributed by atoms with Gasteiger partial charge in [0.1, 0.15) is 11.4 Å². The number of rotatable bonds is 2. The lowest BCUT2D eigenvalue weighted by Gasteiger charge is -2.24. The van der Waals surface area contributed by atoms with E-state index >= 15 is 0 Å². The minimum Gasteiger partial charge on any atom is -0.379 e. The first-order valence-electron chi connectivity index (χ1n) is 8.91. The number of hydrogen-bond donors (Lipinski definition) is 1. The zero-order valence-electron chi connectivity index (χ0n) is 14.8. The number of fused-ring (bicyclic) bond motifs is 2. The number of aliphatic hydroxyl groups is 1. The standard InChI is InChI=1S/C22H18FN3O/c1-14-2-5-18(19(23)8-14)20-10-22(27,21-12-25-13-26(20)21)17-4-3-16-11-24-7-6-15(16)9-17/h2-9,11-13,20,27H,10H2,1H3/t20-,22?/m1/s1. The summed E-state index contributed by atoms with van der Waals surface area (Å²) in [7, 11) is 0. The van der Waals surface area contributed by atoms with E-state index in [9.17, 15) is 9.50 Å². The van der Waals surface area contributed by atoms with Crippen LogP contribution in [0.5, 0.6) is 0 Å². The summed E-state index contributed by atoms with van der Waals surface area (Å²) >= 11 is 0. The Morgan fingerprint density at radius 3 is 2.81 bits per heavy atom. The summed E-state index contributed by atoms with van der Waals surface area (Å²) in [5.41, 5.74) is 1.67. The molecule has 1 aliphatic heterocycles. The van der Waals surface area contributed by atoms with Crippen molar-refractivity contribution in [3.05, 3.63) is 95.6 Å². The van der Waals surface area contributed by atoms with E-state index in [-0.39, 0.29) is 11.9 Å². The fourth-order valence-corrected chi connectivity index (χ4v) is 4.12. The molecule has 0 saturated carbocycles. The number of aryl methyl sites for hydroxylation is 1. The van der Waals surface area contributed by atoms with Crippen molar-refractivity contribution in [1.82, 2.24) is 14.5 Å². The minimum atomic E-state index is -1.23.